The van der Waals surface area contributed by atoms with E-state index in [-0.39, 0.29) is 11.8 Å². The molecule has 7 heteroatoms. The fraction of sp³-hybridized carbons (Fsp3) is 0.333. The van der Waals surface area contributed by atoms with Crippen LogP contribution in [0.3, 0.4) is 0 Å². The number of hydrogen-bond acceptors (Lipinski definition) is 4. The molecular weight excluding hydrogens is 424 g/mol. The summed E-state index contributed by atoms with van der Waals surface area (Å²) >= 11 is 3.46. The third-order valence-electron chi connectivity index (χ3n) is 4.39. The average Bonchev–Trinajstić information content (AvgIpc) is 2.73. The summed E-state index contributed by atoms with van der Waals surface area (Å²) in [5.41, 5.74) is 3.05. The van der Waals surface area contributed by atoms with E-state index in [0.717, 1.165) is 35.2 Å². The van der Waals surface area contributed by atoms with Crippen LogP contribution in [0.5, 0.6) is 5.75 Å². The van der Waals surface area contributed by atoms with Crippen molar-refractivity contribution in [1.82, 2.24) is 5.48 Å². The first-order chi connectivity index (χ1) is 13.6. The van der Waals surface area contributed by atoms with Crippen LogP contribution in [0.15, 0.2) is 53.0 Å². The van der Waals surface area contributed by atoms with Crippen molar-refractivity contribution in [3.05, 3.63) is 58.6 Å². The summed E-state index contributed by atoms with van der Waals surface area (Å²) in [5.74, 6) is 0.292. The minimum Gasteiger partial charge on any atom is -0.497 e. The van der Waals surface area contributed by atoms with Crippen molar-refractivity contribution in [2.45, 2.75) is 32.1 Å². The number of ether oxygens (including phenoxy) is 1. The maximum absolute atomic E-state index is 13.2. The van der Waals surface area contributed by atoms with Gasteiger partial charge in [-0.15, -0.1) is 0 Å². The number of unbranched alkanes of at least 4 members (excludes halogenated alkanes) is 3. The van der Waals surface area contributed by atoms with Crippen molar-refractivity contribution in [3.8, 4) is 5.75 Å². The Balaban J connectivity index is 2.05. The van der Waals surface area contributed by atoms with E-state index >= 15 is 0 Å². The van der Waals surface area contributed by atoms with Gasteiger partial charge in [0.15, 0.2) is 0 Å². The zero-order valence-electron chi connectivity index (χ0n) is 15.9. The van der Waals surface area contributed by atoms with Crippen molar-refractivity contribution in [3.63, 3.8) is 0 Å². The van der Waals surface area contributed by atoms with Gasteiger partial charge in [0.05, 0.1) is 12.7 Å². The summed E-state index contributed by atoms with van der Waals surface area (Å²) in [6.45, 7) is 0.568. The lowest BCUT2D eigenvalue weighted by Crippen LogP contribution is -2.32. The standard InChI is InChI=1S/C21H25BrN2O4/c1-28-17-13-11-16(12-14-17)24(15-7-3-2-4-10-20(25)23-27)21(26)18-8-5-6-9-19(18)22/h5-6,8-9,11-14,27H,2-4,7,10,15H2,1H3,(H,23,25). The van der Waals surface area contributed by atoms with Crippen LogP contribution >= 0.6 is 15.9 Å². The molecule has 0 spiro atoms. The molecule has 0 fully saturated rings. The zero-order valence-corrected chi connectivity index (χ0v) is 17.4. The molecule has 0 saturated carbocycles. The molecule has 2 amide bonds. The molecule has 0 unspecified atom stereocenters. The van der Waals surface area contributed by atoms with Crippen molar-refractivity contribution in [2.75, 3.05) is 18.6 Å². The molecular formula is C21H25BrN2O4. The van der Waals surface area contributed by atoms with Gasteiger partial charge in [0.1, 0.15) is 5.75 Å². The number of hydroxylamine groups is 1. The van der Waals surface area contributed by atoms with Gasteiger partial charge in [-0.2, -0.15) is 0 Å². The Kier molecular flexibility index (Phi) is 8.97. The Hall–Kier alpha value is -2.38. The summed E-state index contributed by atoms with van der Waals surface area (Å²) < 4.78 is 5.96. The molecule has 0 aliphatic carbocycles. The van der Waals surface area contributed by atoms with E-state index in [9.17, 15) is 9.59 Å². The van der Waals surface area contributed by atoms with E-state index in [0.29, 0.717) is 24.9 Å². The van der Waals surface area contributed by atoms with E-state index in [1.54, 1.807) is 23.6 Å². The first kappa shape index (κ1) is 21.9. The van der Waals surface area contributed by atoms with Crippen LogP contribution in [0, 0.1) is 0 Å². The first-order valence-corrected chi connectivity index (χ1v) is 9.99. The molecule has 2 N–H and O–H groups in total. The van der Waals surface area contributed by atoms with E-state index in [1.165, 1.54) is 0 Å². The Morgan fingerprint density at radius 1 is 1.04 bits per heavy atom. The normalized spacial score (nSPS) is 10.4. The van der Waals surface area contributed by atoms with E-state index in [1.807, 2.05) is 42.5 Å². The van der Waals surface area contributed by atoms with E-state index in [2.05, 4.69) is 15.9 Å². The Labute approximate surface area is 173 Å². The molecule has 28 heavy (non-hydrogen) atoms. The van der Waals surface area contributed by atoms with Gasteiger partial charge < -0.3 is 9.64 Å². The van der Waals surface area contributed by atoms with Gasteiger partial charge in [0, 0.05) is 23.1 Å². The van der Waals surface area contributed by atoms with Crippen LogP contribution in [-0.2, 0) is 4.79 Å². The molecule has 2 aromatic rings. The second kappa shape index (κ2) is 11.5. The summed E-state index contributed by atoms with van der Waals surface area (Å²) in [7, 11) is 1.61. The number of methoxy groups -OCH3 is 1. The number of carbonyl (C=O) groups excluding carboxylic acids is 2. The number of anilines is 1. The van der Waals surface area contributed by atoms with Crippen LogP contribution in [0.1, 0.15) is 42.5 Å². The maximum Gasteiger partial charge on any atom is 0.259 e. The van der Waals surface area contributed by atoms with Crippen LogP contribution in [0.25, 0.3) is 0 Å². The lowest BCUT2D eigenvalue weighted by atomic mass is 10.1. The van der Waals surface area contributed by atoms with Crippen LogP contribution in [0.2, 0.25) is 0 Å². The summed E-state index contributed by atoms with van der Waals surface area (Å²) in [4.78, 5) is 26.0. The predicted molar refractivity (Wildman–Crippen MR) is 112 cm³/mol. The third-order valence-corrected chi connectivity index (χ3v) is 5.09. The van der Waals surface area contributed by atoms with Gasteiger partial charge in [-0.25, -0.2) is 5.48 Å². The number of hydrogen-bond donors (Lipinski definition) is 2. The molecule has 0 aliphatic heterocycles. The van der Waals surface area contributed by atoms with E-state index < -0.39 is 0 Å². The fourth-order valence-corrected chi connectivity index (χ4v) is 3.31. The van der Waals surface area contributed by atoms with Gasteiger partial charge in [0.2, 0.25) is 5.91 Å². The Morgan fingerprint density at radius 3 is 2.36 bits per heavy atom. The minimum absolute atomic E-state index is 0.0719. The second-order valence-corrected chi connectivity index (χ2v) is 7.19. The molecule has 0 aromatic heterocycles. The lowest BCUT2D eigenvalue weighted by molar-refractivity contribution is -0.129. The molecule has 0 bridgehead atoms. The fourth-order valence-electron chi connectivity index (χ4n) is 2.86. The molecule has 2 rings (SSSR count). The highest BCUT2D eigenvalue weighted by molar-refractivity contribution is 9.10. The van der Waals surface area contributed by atoms with Gasteiger partial charge in [-0.1, -0.05) is 25.0 Å². The number of carbonyl (C=O) groups is 2. The molecule has 0 saturated heterocycles. The van der Waals surface area contributed by atoms with Gasteiger partial charge in [-0.3, -0.25) is 14.8 Å². The quantitative estimate of drug-likeness (QED) is 0.317. The average molecular weight is 449 g/mol. The Morgan fingerprint density at radius 2 is 1.71 bits per heavy atom. The van der Waals surface area contributed by atoms with Crippen molar-refractivity contribution in [1.29, 1.82) is 0 Å². The summed E-state index contributed by atoms with van der Waals surface area (Å²) in [5, 5.41) is 8.51. The Bertz CT molecular complexity index is 780. The van der Waals surface area contributed by atoms with Crippen LogP contribution < -0.4 is 15.1 Å². The van der Waals surface area contributed by atoms with Gasteiger partial charge >= 0.3 is 0 Å². The summed E-state index contributed by atoms with van der Waals surface area (Å²) in [6.07, 6.45) is 3.55. The maximum atomic E-state index is 13.2. The van der Waals surface area contributed by atoms with E-state index in [4.69, 9.17) is 9.94 Å². The molecule has 2 aromatic carbocycles. The van der Waals surface area contributed by atoms with Crippen LogP contribution in [-0.4, -0.2) is 30.7 Å². The first-order valence-electron chi connectivity index (χ1n) is 9.20. The monoisotopic (exact) mass is 448 g/mol. The number of nitrogens with one attached hydrogen (secondary N) is 1. The molecule has 0 radical (unpaired) electrons. The number of amides is 2. The molecule has 0 atom stereocenters. The summed E-state index contributed by atoms with van der Waals surface area (Å²) in [6, 6.07) is 14.8. The highest BCUT2D eigenvalue weighted by Gasteiger charge is 2.19. The molecule has 0 aliphatic rings. The largest absolute Gasteiger partial charge is 0.497 e. The number of nitrogens with zero attached hydrogens (tertiary/aromatic N) is 1. The van der Waals surface area contributed by atoms with Crippen molar-refractivity contribution >= 4 is 33.4 Å². The smallest absolute Gasteiger partial charge is 0.259 e. The number of halogens is 1. The SMILES string of the molecule is COc1ccc(N(CCCCCCC(=O)NO)C(=O)c2ccccc2Br)cc1. The van der Waals surface area contributed by atoms with Crippen molar-refractivity contribution < 1.29 is 19.5 Å². The lowest BCUT2D eigenvalue weighted by Gasteiger charge is -2.24. The van der Waals surface area contributed by atoms with Crippen LogP contribution in [0.4, 0.5) is 5.69 Å². The van der Waals surface area contributed by atoms with Crippen molar-refractivity contribution in [2.24, 2.45) is 0 Å². The highest BCUT2D eigenvalue weighted by atomic mass is 79.9. The number of rotatable bonds is 10. The third kappa shape index (κ3) is 6.35. The molecule has 6 nitrogen and oxygen atoms in total. The van der Waals surface area contributed by atoms with Gasteiger partial charge in [0.25, 0.3) is 5.91 Å². The molecule has 150 valence electrons. The molecule has 0 heterocycles. The second-order valence-electron chi connectivity index (χ2n) is 6.33. The topological polar surface area (TPSA) is 78.9 Å². The highest BCUT2D eigenvalue weighted by Crippen LogP contribution is 2.25. The predicted octanol–water partition coefficient (Wildman–Crippen LogP) is 4.56. The van der Waals surface area contributed by atoms with Gasteiger partial charge in [-0.05, 0) is 65.2 Å². The zero-order chi connectivity index (χ0) is 20.4. The number of benzene rings is 2. The minimum atomic E-state index is -0.371.